The van der Waals surface area contributed by atoms with Gasteiger partial charge in [0.1, 0.15) is 7.05 Å². The highest BCUT2D eigenvalue weighted by Crippen LogP contribution is 2.36. The molecule has 1 heterocycles. The van der Waals surface area contributed by atoms with Crippen molar-refractivity contribution < 1.29 is 9.30 Å². The third-order valence-corrected chi connectivity index (χ3v) is 6.97. The number of pyridine rings is 1. The van der Waals surface area contributed by atoms with Gasteiger partial charge in [-0.15, -0.1) is 6.58 Å². The predicted octanol–water partition coefficient (Wildman–Crippen LogP) is 7.55. The fourth-order valence-corrected chi connectivity index (χ4v) is 4.32. The summed E-state index contributed by atoms with van der Waals surface area (Å²) in [5.74, 6) is 0.973. The molecule has 1 aliphatic rings. The van der Waals surface area contributed by atoms with Gasteiger partial charge in [-0.2, -0.15) is 0 Å². The van der Waals surface area contributed by atoms with E-state index in [1.165, 1.54) is 22.5 Å². The molecule has 0 fully saturated rings. The van der Waals surface area contributed by atoms with E-state index in [2.05, 4.69) is 126 Å². The number of hydrogen-bond acceptors (Lipinski definition) is 2. The zero-order valence-electron chi connectivity index (χ0n) is 23.2. The Bertz CT molecular complexity index is 993. The highest BCUT2D eigenvalue weighted by atomic mass is 16.5. The Morgan fingerprint density at radius 2 is 2.00 bits per heavy atom. The van der Waals surface area contributed by atoms with Crippen molar-refractivity contribution in [3.8, 4) is 0 Å². The van der Waals surface area contributed by atoms with E-state index in [-0.39, 0.29) is 5.60 Å². The van der Waals surface area contributed by atoms with E-state index < -0.39 is 0 Å². The van der Waals surface area contributed by atoms with Gasteiger partial charge in [-0.25, -0.2) is 4.57 Å². The number of hydrogen-bond donors (Lipinski definition) is 0. The first-order valence-electron chi connectivity index (χ1n) is 12.9. The van der Waals surface area contributed by atoms with Crippen LogP contribution < -0.4 is 4.57 Å². The summed E-state index contributed by atoms with van der Waals surface area (Å²) in [4.78, 5) is 2.30. The molecule has 3 nitrogen and oxygen atoms in total. The average Bonchev–Trinajstić information content (AvgIpc) is 2.83. The van der Waals surface area contributed by atoms with Crippen LogP contribution in [-0.2, 0) is 11.8 Å². The summed E-state index contributed by atoms with van der Waals surface area (Å²) < 4.78 is 8.35. The molecule has 0 amide bonds. The van der Waals surface area contributed by atoms with E-state index in [9.17, 15) is 0 Å². The maximum Gasteiger partial charge on any atom is 0.208 e. The molecule has 2 atom stereocenters. The molecule has 0 radical (unpaired) electrons. The number of nitrogens with zero attached hydrogens (tertiary/aromatic N) is 2. The van der Waals surface area contributed by atoms with Gasteiger partial charge in [0.25, 0.3) is 0 Å². The third kappa shape index (κ3) is 8.81. The molecule has 1 unspecified atom stereocenters. The first-order chi connectivity index (χ1) is 16.6. The molecule has 1 aliphatic carbocycles. The minimum absolute atomic E-state index is 0.201. The first kappa shape index (κ1) is 28.6. The fraction of sp³-hybridized carbons (Fsp3) is 0.469. The second-order valence-electron chi connectivity index (χ2n) is 10.5. The Hall–Kier alpha value is -2.65. The van der Waals surface area contributed by atoms with Gasteiger partial charge < -0.3 is 9.64 Å². The summed E-state index contributed by atoms with van der Waals surface area (Å²) >= 11 is 0. The normalized spacial score (nSPS) is 17.7. The van der Waals surface area contributed by atoms with Gasteiger partial charge in [0.2, 0.25) is 5.69 Å². The van der Waals surface area contributed by atoms with E-state index in [0.717, 1.165) is 31.4 Å². The van der Waals surface area contributed by atoms with Crippen LogP contribution in [0, 0.1) is 11.8 Å². The lowest BCUT2D eigenvalue weighted by atomic mass is 9.85. The Labute approximate surface area is 214 Å². The van der Waals surface area contributed by atoms with Gasteiger partial charge in [-0.1, -0.05) is 50.8 Å². The predicted molar refractivity (Wildman–Crippen MR) is 151 cm³/mol. The van der Waals surface area contributed by atoms with Crippen molar-refractivity contribution in [2.24, 2.45) is 18.9 Å². The third-order valence-electron chi connectivity index (χ3n) is 6.97. The van der Waals surface area contributed by atoms with Crippen LogP contribution in [0.5, 0.6) is 0 Å². The Kier molecular flexibility index (Phi) is 11.0. The number of ether oxygens (including phenoxy) is 1. The molecule has 2 rings (SSSR count). The zero-order chi connectivity index (χ0) is 26.0. The maximum atomic E-state index is 6.15. The lowest BCUT2D eigenvalue weighted by molar-refractivity contribution is -0.674. The highest BCUT2D eigenvalue weighted by molar-refractivity contribution is 5.68. The minimum Gasteiger partial charge on any atom is -0.372 e. The second kappa shape index (κ2) is 13.4. The van der Waals surface area contributed by atoms with Gasteiger partial charge >= 0.3 is 0 Å². The second-order valence-corrected chi connectivity index (χ2v) is 10.5. The molecule has 35 heavy (non-hydrogen) atoms. The average molecular weight is 476 g/mol. The number of aromatic nitrogens is 1. The number of aryl methyl sites for hydroxylation is 1. The molecule has 0 spiro atoms. The van der Waals surface area contributed by atoms with E-state index in [4.69, 9.17) is 4.74 Å². The van der Waals surface area contributed by atoms with Crippen LogP contribution in [-0.4, -0.2) is 24.2 Å². The molecular weight excluding hydrogens is 428 g/mol. The van der Waals surface area contributed by atoms with E-state index in [1.54, 1.807) is 0 Å². The van der Waals surface area contributed by atoms with Crippen LogP contribution in [0.1, 0.15) is 66.0 Å². The SMILES string of the molecule is C=C[C@H](C)C/C=C\C=C/COC(C)(C)CCC(=C)N(C)C1=C(C)C=C(c2cccc[n+]2C)C(C)C1. The molecule has 3 heteroatoms. The monoisotopic (exact) mass is 475 g/mol. The van der Waals surface area contributed by atoms with Crippen molar-refractivity contribution in [2.45, 2.75) is 65.9 Å². The summed E-state index contributed by atoms with van der Waals surface area (Å²) in [7, 11) is 4.28. The van der Waals surface area contributed by atoms with Gasteiger partial charge in [0, 0.05) is 36.1 Å². The molecule has 0 saturated heterocycles. The topological polar surface area (TPSA) is 16.4 Å². The maximum absolute atomic E-state index is 6.15. The van der Waals surface area contributed by atoms with Crippen LogP contribution in [0.15, 0.2) is 91.0 Å². The zero-order valence-corrected chi connectivity index (χ0v) is 23.2. The largest absolute Gasteiger partial charge is 0.372 e. The minimum atomic E-state index is -0.201. The Balaban J connectivity index is 1.91. The molecule has 1 aromatic rings. The highest BCUT2D eigenvalue weighted by Gasteiger charge is 2.27. The standard InChI is InChI=1S/C32H47N2O/c1-10-25(2)17-13-11-12-16-22-35-32(6,7)20-19-28(5)34(9)31-24-26(3)29(23-27(31)4)30-18-14-15-21-33(30)8/h10-16,18,21,23,25-26H,1,5,17,19-20,22,24H2,2-4,6-9H3/q+1/b13-11-,16-12-/t25-,26?/m0/s1. The molecule has 0 aromatic carbocycles. The van der Waals surface area contributed by atoms with E-state index in [0.29, 0.717) is 18.4 Å². The quantitative estimate of drug-likeness (QED) is 0.166. The Morgan fingerprint density at radius 1 is 1.29 bits per heavy atom. The Morgan fingerprint density at radius 3 is 2.69 bits per heavy atom. The molecule has 0 saturated carbocycles. The number of rotatable bonds is 13. The lowest BCUT2D eigenvalue weighted by Gasteiger charge is -2.33. The van der Waals surface area contributed by atoms with E-state index >= 15 is 0 Å². The summed E-state index contributed by atoms with van der Waals surface area (Å²) in [6, 6.07) is 6.40. The van der Waals surface area contributed by atoms with Crippen LogP contribution in [0.4, 0.5) is 0 Å². The van der Waals surface area contributed by atoms with Gasteiger partial charge in [-0.3, -0.25) is 0 Å². The van der Waals surface area contributed by atoms with Crippen molar-refractivity contribution in [1.29, 1.82) is 0 Å². The van der Waals surface area contributed by atoms with Gasteiger partial charge in [-0.05, 0) is 76.0 Å². The summed E-state index contributed by atoms with van der Waals surface area (Å²) in [5, 5.41) is 0. The van der Waals surface area contributed by atoms with Crippen LogP contribution >= 0.6 is 0 Å². The summed E-state index contributed by atoms with van der Waals surface area (Å²) in [5.41, 5.74) is 6.31. The fourth-order valence-electron chi connectivity index (χ4n) is 4.32. The molecular formula is C32H47N2O+. The van der Waals surface area contributed by atoms with Crippen LogP contribution in [0.3, 0.4) is 0 Å². The molecule has 0 bridgehead atoms. The summed E-state index contributed by atoms with van der Waals surface area (Å²) in [6.07, 6.45) is 18.7. The van der Waals surface area contributed by atoms with Gasteiger partial charge in [0.15, 0.2) is 6.20 Å². The van der Waals surface area contributed by atoms with Gasteiger partial charge in [0.05, 0.1) is 12.2 Å². The van der Waals surface area contributed by atoms with Crippen molar-refractivity contribution in [3.05, 3.63) is 96.7 Å². The first-order valence-corrected chi connectivity index (χ1v) is 12.9. The van der Waals surface area contributed by atoms with E-state index in [1.807, 2.05) is 6.08 Å². The smallest absolute Gasteiger partial charge is 0.208 e. The van der Waals surface area contributed by atoms with Crippen molar-refractivity contribution in [3.63, 3.8) is 0 Å². The van der Waals surface area contributed by atoms with Crippen molar-refractivity contribution in [2.75, 3.05) is 13.7 Å². The van der Waals surface area contributed by atoms with Crippen molar-refractivity contribution in [1.82, 2.24) is 4.90 Å². The lowest BCUT2D eigenvalue weighted by Crippen LogP contribution is -2.34. The van der Waals surface area contributed by atoms with Crippen LogP contribution in [0.25, 0.3) is 5.57 Å². The van der Waals surface area contributed by atoms with Crippen LogP contribution in [0.2, 0.25) is 0 Å². The number of allylic oxidation sites excluding steroid dienone is 9. The van der Waals surface area contributed by atoms with Crippen molar-refractivity contribution >= 4 is 5.57 Å². The molecule has 0 aliphatic heterocycles. The molecule has 1 aromatic heterocycles. The molecule has 190 valence electrons. The molecule has 0 N–H and O–H groups in total. The summed E-state index contributed by atoms with van der Waals surface area (Å²) in [6.45, 7) is 19.9.